The Morgan fingerprint density at radius 3 is 0.884 bits per heavy atom. The van der Waals surface area contributed by atoms with Gasteiger partial charge in [0.05, 0.1) is 18.8 Å². The van der Waals surface area contributed by atoms with E-state index in [1.165, 1.54) is 295 Å². The predicted octanol–water partition coefficient (Wildman–Crippen LogP) is 20.0. The van der Waals surface area contributed by atoms with Crippen molar-refractivity contribution in [1.29, 1.82) is 0 Å². The van der Waals surface area contributed by atoms with Crippen LogP contribution in [-0.2, 0) is 4.79 Å². The van der Waals surface area contributed by atoms with Crippen molar-refractivity contribution in [2.45, 2.75) is 372 Å². The van der Waals surface area contributed by atoms with E-state index in [2.05, 4.69) is 31.3 Å². The minimum atomic E-state index is -1.10. The van der Waals surface area contributed by atoms with E-state index in [1.807, 2.05) is 6.08 Å². The Labute approximate surface area is 432 Å². The molecule has 0 aliphatic carbocycles. The average molecular weight is 973 g/mol. The van der Waals surface area contributed by atoms with Crippen LogP contribution < -0.4 is 5.32 Å². The second kappa shape index (κ2) is 59.4. The van der Waals surface area contributed by atoms with E-state index in [4.69, 9.17) is 0 Å². The minimum Gasteiger partial charge on any atom is -0.394 e. The number of rotatable bonds is 59. The van der Waals surface area contributed by atoms with Crippen molar-refractivity contribution in [1.82, 2.24) is 5.32 Å². The molecule has 0 aromatic carbocycles. The lowest BCUT2D eigenvalue weighted by Crippen LogP contribution is -2.48. The number of carbonyl (C=O) groups is 1. The molecular weight excluding hydrogens is 847 g/mol. The first-order valence-corrected chi connectivity index (χ1v) is 31.7. The van der Waals surface area contributed by atoms with Crippen LogP contribution in [0.15, 0.2) is 24.3 Å². The minimum absolute atomic E-state index is 0.372. The molecule has 0 bridgehead atoms. The molecule has 3 atom stereocenters. The van der Waals surface area contributed by atoms with E-state index in [9.17, 15) is 20.1 Å². The molecule has 0 radical (unpaired) electrons. The van der Waals surface area contributed by atoms with Crippen LogP contribution in [0.25, 0.3) is 0 Å². The number of nitrogens with one attached hydrogen (secondary N) is 1. The second-order valence-electron chi connectivity index (χ2n) is 22.0. The fourth-order valence-corrected chi connectivity index (χ4v) is 10.1. The SMILES string of the molecule is CCCCCCCCCCCCCCC/C=C/CC/C=C/C(O)C(CO)NC(=O)C(O)CCCCCCCCCCCCCCCCCCCCCCCCCCCCCCCCCCCCCC. The van der Waals surface area contributed by atoms with Crippen LogP contribution in [0.3, 0.4) is 0 Å². The van der Waals surface area contributed by atoms with Gasteiger partial charge in [-0.25, -0.2) is 0 Å². The van der Waals surface area contributed by atoms with Crippen LogP contribution in [0, 0.1) is 0 Å². The predicted molar refractivity (Wildman–Crippen MR) is 305 cm³/mol. The maximum absolute atomic E-state index is 12.6. The second-order valence-corrected chi connectivity index (χ2v) is 22.0. The van der Waals surface area contributed by atoms with Crippen LogP contribution in [0.1, 0.15) is 354 Å². The van der Waals surface area contributed by atoms with E-state index in [0.29, 0.717) is 6.42 Å². The van der Waals surface area contributed by atoms with Crippen LogP contribution in [0.4, 0.5) is 0 Å². The number of aliphatic hydroxyl groups is 3. The van der Waals surface area contributed by atoms with Crippen molar-refractivity contribution >= 4 is 5.91 Å². The normalized spacial score (nSPS) is 13.3. The molecule has 0 spiro atoms. The molecule has 410 valence electrons. The van der Waals surface area contributed by atoms with E-state index in [-0.39, 0.29) is 6.61 Å². The Hall–Kier alpha value is -1.17. The number of hydrogen-bond acceptors (Lipinski definition) is 4. The molecule has 0 fully saturated rings. The third-order valence-electron chi connectivity index (χ3n) is 15.0. The molecular formula is C64H125NO4. The molecule has 1 amide bonds. The third kappa shape index (κ3) is 54.4. The highest BCUT2D eigenvalue weighted by atomic mass is 16.3. The summed E-state index contributed by atoms with van der Waals surface area (Å²) < 4.78 is 0. The Morgan fingerprint density at radius 1 is 0.348 bits per heavy atom. The fraction of sp³-hybridized carbons (Fsp3) is 0.922. The van der Waals surface area contributed by atoms with Gasteiger partial charge in [0.1, 0.15) is 6.10 Å². The molecule has 0 aromatic rings. The van der Waals surface area contributed by atoms with E-state index < -0.39 is 24.2 Å². The number of carbonyl (C=O) groups excluding carboxylic acids is 1. The molecule has 5 nitrogen and oxygen atoms in total. The van der Waals surface area contributed by atoms with Crippen molar-refractivity contribution in [3.8, 4) is 0 Å². The summed E-state index contributed by atoms with van der Waals surface area (Å²) in [6.07, 6.45) is 77.3. The van der Waals surface area contributed by atoms with Crippen molar-refractivity contribution < 1.29 is 20.1 Å². The molecule has 0 saturated heterocycles. The third-order valence-corrected chi connectivity index (χ3v) is 15.0. The zero-order chi connectivity index (χ0) is 50.0. The highest BCUT2D eigenvalue weighted by Crippen LogP contribution is 2.19. The Balaban J connectivity index is 3.47. The van der Waals surface area contributed by atoms with Gasteiger partial charge in [0, 0.05) is 0 Å². The van der Waals surface area contributed by atoms with Crippen LogP contribution in [0.5, 0.6) is 0 Å². The van der Waals surface area contributed by atoms with E-state index in [1.54, 1.807) is 6.08 Å². The first kappa shape index (κ1) is 67.8. The summed E-state index contributed by atoms with van der Waals surface area (Å²) in [5.41, 5.74) is 0. The van der Waals surface area contributed by atoms with Crippen LogP contribution in [-0.4, -0.2) is 46.1 Å². The lowest BCUT2D eigenvalue weighted by atomic mass is 10.0. The Bertz CT molecular complexity index is 1030. The summed E-state index contributed by atoms with van der Waals surface area (Å²) in [6.45, 7) is 4.21. The first-order valence-electron chi connectivity index (χ1n) is 31.7. The highest BCUT2D eigenvalue weighted by molar-refractivity contribution is 5.80. The summed E-state index contributed by atoms with van der Waals surface area (Å²) in [7, 11) is 0. The molecule has 4 N–H and O–H groups in total. The standard InChI is InChI=1S/C64H125NO4/c1-3-5-7-9-11-13-15-17-19-21-23-24-25-26-27-28-29-30-31-32-33-34-35-36-37-38-39-41-43-45-47-49-51-53-55-57-59-63(68)64(69)65-61(60-66)62(67)58-56-54-52-50-48-46-44-42-40-22-20-18-16-14-12-10-8-6-4-2/h48,50,56,58,61-63,66-68H,3-47,49,51-55,57,59-60H2,1-2H3,(H,65,69)/b50-48+,58-56+. The fourth-order valence-electron chi connectivity index (χ4n) is 10.1. The summed E-state index contributed by atoms with van der Waals surface area (Å²) in [4.78, 5) is 12.6. The largest absolute Gasteiger partial charge is 0.394 e. The monoisotopic (exact) mass is 972 g/mol. The van der Waals surface area contributed by atoms with Gasteiger partial charge in [-0.15, -0.1) is 0 Å². The van der Waals surface area contributed by atoms with E-state index >= 15 is 0 Å². The lowest BCUT2D eigenvalue weighted by molar-refractivity contribution is -0.131. The smallest absolute Gasteiger partial charge is 0.249 e. The number of allylic oxidation sites excluding steroid dienone is 3. The molecule has 69 heavy (non-hydrogen) atoms. The van der Waals surface area contributed by atoms with Gasteiger partial charge < -0.3 is 20.6 Å². The maximum Gasteiger partial charge on any atom is 0.249 e. The molecule has 5 heteroatoms. The van der Waals surface area contributed by atoms with Crippen molar-refractivity contribution in [2.24, 2.45) is 0 Å². The Morgan fingerprint density at radius 2 is 0.594 bits per heavy atom. The molecule has 0 saturated carbocycles. The quantitative estimate of drug-likeness (QED) is 0.0361. The van der Waals surface area contributed by atoms with Crippen LogP contribution in [0.2, 0.25) is 0 Å². The zero-order valence-electron chi connectivity index (χ0n) is 47.0. The highest BCUT2D eigenvalue weighted by Gasteiger charge is 2.22. The van der Waals surface area contributed by atoms with Gasteiger partial charge in [0.25, 0.3) is 0 Å². The molecule has 0 heterocycles. The van der Waals surface area contributed by atoms with Gasteiger partial charge in [-0.2, -0.15) is 0 Å². The van der Waals surface area contributed by atoms with Gasteiger partial charge in [-0.3, -0.25) is 4.79 Å². The van der Waals surface area contributed by atoms with Crippen LogP contribution >= 0.6 is 0 Å². The van der Waals surface area contributed by atoms with Crippen molar-refractivity contribution in [3.05, 3.63) is 24.3 Å². The van der Waals surface area contributed by atoms with Gasteiger partial charge in [0.2, 0.25) is 5.91 Å². The van der Waals surface area contributed by atoms with Gasteiger partial charge in [0.15, 0.2) is 0 Å². The number of unbranched alkanes of at least 4 members (excludes halogenated alkanes) is 49. The van der Waals surface area contributed by atoms with Gasteiger partial charge >= 0.3 is 0 Å². The summed E-state index contributed by atoms with van der Waals surface area (Å²) in [6, 6.07) is -0.813. The molecule has 0 aromatic heterocycles. The average Bonchev–Trinajstić information content (AvgIpc) is 3.35. The molecule has 0 rings (SSSR count). The van der Waals surface area contributed by atoms with Gasteiger partial charge in [-0.1, -0.05) is 346 Å². The topological polar surface area (TPSA) is 89.8 Å². The maximum atomic E-state index is 12.6. The number of amides is 1. The van der Waals surface area contributed by atoms with E-state index in [0.717, 1.165) is 38.5 Å². The summed E-state index contributed by atoms with van der Waals surface area (Å²) >= 11 is 0. The Kier molecular flexibility index (Phi) is 58.4. The molecule has 0 aliphatic heterocycles. The summed E-state index contributed by atoms with van der Waals surface area (Å²) in [5, 5.41) is 33.4. The number of hydrogen-bond donors (Lipinski definition) is 4. The lowest BCUT2D eigenvalue weighted by Gasteiger charge is -2.21. The zero-order valence-corrected chi connectivity index (χ0v) is 47.0. The first-order chi connectivity index (χ1) is 34.1. The van der Waals surface area contributed by atoms with Crippen molar-refractivity contribution in [2.75, 3.05) is 6.61 Å². The summed E-state index contributed by atoms with van der Waals surface area (Å²) in [5.74, 6) is -0.506. The molecule has 3 unspecified atom stereocenters. The van der Waals surface area contributed by atoms with Crippen molar-refractivity contribution in [3.63, 3.8) is 0 Å². The number of aliphatic hydroxyl groups excluding tert-OH is 3. The molecule has 0 aliphatic rings. The van der Waals surface area contributed by atoms with Gasteiger partial charge in [-0.05, 0) is 32.1 Å².